The molecule has 94 valence electrons. The molecule has 1 aromatic heterocycles. The molecule has 1 heterocycles. The molecule has 2 rings (SSSR count). The molecule has 3 heteroatoms. The van der Waals surface area contributed by atoms with Crippen LogP contribution < -0.4 is 5.43 Å². The Morgan fingerprint density at radius 2 is 1.89 bits per heavy atom. The van der Waals surface area contributed by atoms with Gasteiger partial charge in [-0.25, -0.2) is 0 Å². The Morgan fingerprint density at radius 1 is 1.17 bits per heavy atom. The van der Waals surface area contributed by atoms with E-state index in [0.717, 1.165) is 16.9 Å². The van der Waals surface area contributed by atoms with Crippen LogP contribution in [0.3, 0.4) is 0 Å². The van der Waals surface area contributed by atoms with E-state index in [2.05, 4.69) is 52.5 Å². The van der Waals surface area contributed by atoms with E-state index in [1.54, 1.807) is 6.07 Å². The minimum atomic E-state index is 0.0888. The zero-order valence-electron chi connectivity index (χ0n) is 10.8. The Morgan fingerprint density at radius 3 is 2.56 bits per heavy atom. The number of aryl methyl sites for hydroxylation is 3. The van der Waals surface area contributed by atoms with Crippen molar-refractivity contribution in [2.45, 2.75) is 26.1 Å². The standard InChI is InChI=1S/C15H16BrNO/c1-10-4-5-11(2)14(6-10)17-9-13(8-16)15(18)7-12(17)3/h4-7,9H,8H2,1-3H3. The quantitative estimate of drug-likeness (QED) is 0.776. The summed E-state index contributed by atoms with van der Waals surface area (Å²) in [6.45, 7) is 6.12. The highest BCUT2D eigenvalue weighted by atomic mass is 79.9. The Hall–Kier alpha value is -1.35. The van der Waals surface area contributed by atoms with Crippen molar-refractivity contribution in [3.05, 3.63) is 63.1 Å². The van der Waals surface area contributed by atoms with Crippen LogP contribution in [0.4, 0.5) is 0 Å². The SMILES string of the molecule is Cc1ccc(C)c(-n2cc(CBr)c(=O)cc2C)c1. The summed E-state index contributed by atoms with van der Waals surface area (Å²) in [4.78, 5) is 11.8. The van der Waals surface area contributed by atoms with Crippen molar-refractivity contribution in [3.8, 4) is 5.69 Å². The van der Waals surface area contributed by atoms with Crippen molar-refractivity contribution in [3.63, 3.8) is 0 Å². The van der Waals surface area contributed by atoms with Crippen molar-refractivity contribution >= 4 is 15.9 Å². The molecule has 0 unspecified atom stereocenters. The summed E-state index contributed by atoms with van der Waals surface area (Å²) in [5.74, 6) is 0. The number of halogens is 1. The van der Waals surface area contributed by atoms with Crippen LogP contribution in [0.15, 0.2) is 35.3 Å². The summed E-state index contributed by atoms with van der Waals surface area (Å²) < 4.78 is 2.08. The fourth-order valence-electron chi connectivity index (χ4n) is 2.01. The Balaban J connectivity index is 2.70. The van der Waals surface area contributed by atoms with E-state index in [1.807, 2.05) is 13.1 Å². The third-order valence-corrected chi connectivity index (χ3v) is 3.69. The van der Waals surface area contributed by atoms with E-state index in [-0.39, 0.29) is 5.43 Å². The Labute approximate surface area is 115 Å². The lowest BCUT2D eigenvalue weighted by atomic mass is 10.1. The summed E-state index contributed by atoms with van der Waals surface area (Å²) in [6, 6.07) is 8.04. The topological polar surface area (TPSA) is 22.0 Å². The predicted octanol–water partition coefficient (Wildman–Crippen LogP) is 3.66. The zero-order valence-corrected chi connectivity index (χ0v) is 12.4. The lowest BCUT2D eigenvalue weighted by Gasteiger charge is -2.15. The van der Waals surface area contributed by atoms with Gasteiger partial charge >= 0.3 is 0 Å². The number of pyridine rings is 1. The van der Waals surface area contributed by atoms with Crippen LogP contribution in [0.5, 0.6) is 0 Å². The summed E-state index contributed by atoms with van der Waals surface area (Å²) in [6.07, 6.45) is 1.92. The normalized spacial score (nSPS) is 10.7. The number of benzene rings is 1. The first-order valence-electron chi connectivity index (χ1n) is 5.88. The van der Waals surface area contributed by atoms with Crippen molar-refractivity contribution in [2.75, 3.05) is 0 Å². The van der Waals surface area contributed by atoms with E-state index >= 15 is 0 Å². The highest BCUT2D eigenvalue weighted by Gasteiger charge is 2.07. The van der Waals surface area contributed by atoms with Gasteiger partial charge in [-0.3, -0.25) is 4.79 Å². The molecule has 0 saturated carbocycles. The second kappa shape index (κ2) is 5.11. The van der Waals surface area contributed by atoms with Crippen LogP contribution >= 0.6 is 15.9 Å². The van der Waals surface area contributed by atoms with Gasteiger partial charge in [0.1, 0.15) is 0 Å². The van der Waals surface area contributed by atoms with Crippen LogP contribution in [0.1, 0.15) is 22.4 Å². The lowest BCUT2D eigenvalue weighted by Crippen LogP contribution is -2.13. The molecule has 0 spiro atoms. The van der Waals surface area contributed by atoms with Gasteiger partial charge in [-0.15, -0.1) is 0 Å². The molecule has 0 aliphatic rings. The minimum absolute atomic E-state index is 0.0888. The van der Waals surface area contributed by atoms with Crippen molar-refractivity contribution in [2.24, 2.45) is 0 Å². The summed E-state index contributed by atoms with van der Waals surface area (Å²) in [7, 11) is 0. The predicted molar refractivity (Wildman–Crippen MR) is 78.9 cm³/mol. The zero-order chi connectivity index (χ0) is 13.3. The summed E-state index contributed by atoms with van der Waals surface area (Å²) >= 11 is 3.36. The van der Waals surface area contributed by atoms with Crippen molar-refractivity contribution in [1.29, 1.82) is 0 Å². The van der Waals surface area contributed by atoms with Gasteiger partial charge in [0.25, 0.3) is 0 Å². The maximum atomic E-state index is 11.8. The molecule has 18 heavy (non-hydrogen) atoms. The number of alkyl halides is 1. The van der Waals surface area contributed by atoms with E-state index in [9.17, 15) is 4.79 Å². The average Bonchev–Trinajstić information content (AvgIpc) is 2.33. The number of aromatic nitrogens is 1. The maximum Gasteiger partial charge on any atom is 0.185 e. The molecule has 0 saturated heterocycles. The smallest absolute Gasteiger partial charge is 0.185 e. The number of rotatable bonds is 2. The molecule has 0 fully saturated rings. The third-order valence-electron chi connectivity index (χ3n) is 3.09. The second-order valence-electron chi connectivity index (χ2n) is 4.60. The Bertz CT molecular complexity index is 643. The van der Waals surface area contributed by atoms with Gasteiger partial charge in [0.05, 0.1) is 0 Å². The van der Waals surface area contributed by atoms with Crippen LogP contribution in [-0.4, -0.2) is 4.57 Å². The van der Waals surface area contributed by atoms with Crippen LogP contribution in [-0.2, 0) is 5.33 Å². The molecule has 0 aliphatic heterocycles. The first-order valence-corrected chi connectivity index (χ1v) is 7.01. The molecular formula is C15H16BrNO. The van der Waals surface area contributed by atoms with Crippen molar-refractivity contribution < 1.29 is 0 Å². The molecule has 0 bridgehead atoms. The average molecular weight is 306 g/mol. The van der Waals surface area contributed by atoms with Crippen molar-refractivity contribution in [1.82, 2.24) is 4.57 Å². The summed E-state index contributed by atoms with van der Waals surface area (Å²) in [5.41, 5.74) is 5.38. The molecular weight excluding hydrogens is 290 g/mol. The minimum Gasteiger partial charge on any atom is -0.320 e. The third kappa shape index (κ3) is 2.41. The Kier molecular flexibility index (Phi) is 3.71. The van der Waals surface area contributed by atoms with Gasteiger partial charge in [0, 0.05) is 34.5 Å². The van der Waals surface area contributed by atoms with Crippen LogP contribution in [0.25, 0.3) is 5.69 Å². The van der Waals surface area contributed by atoms with Gasteiger partial charge in [-0.1, -0.05) is 28.1 Å². The van der Waals surface area contributed by atoms with Gasteiger partial charge in [-0.2, -0.15) is 0 Å². The second-order valence-corrected chi connectivity index (χ2v) is 5.16. The van der Waals surface area contributed by atoms with E-state index < -0.39 is 0 Å². The molecule has 0 atom stereocenters. The number of nitrogens with zero attached hydrogens (tertiary/aromatic N) is 1. The molecule has 0 aliphatic carbocycles. The molecule has 0 radical (unpaired) electrons. The van der Waals surface area contributed by atoms with E-state index in [1.165, 1.54) is 11.1 Å². The first kappa shape index (κ1) is 13.1. The fraction of sp³-hybridized carbons (Fsp3) is 0.267. The molecule has 0 N–H and O–H groups in total. The summed E-state index contributed by atoms with van der Waals surface area (Å²) in [5, 5.41) is 0.580. The molecule has 1 aromatic carbocycles. The molecule has 0 amide bonds. The molecule has 2 nitrogen and oxygen atoms in total. The highest BCUT2D eigenvalue weighted by molar-refractivity contribution is 9.08. The number of hydrogen-bond donors (Lipinski definition) is 0. The van der Waals surface area contributed by atoms with Crippen LogP contribution in [0, 0.1) is 20.8 Å². The fourth-order valence-corrected chi connectivity index (χ4v) is 2.43. The van der Waals surface area contributed by atoms with E-state index in [0.29, 0.717) is 5.33 Å². The van der Waals surface area contributed by atoms with E-state index in [4.69, 9.17) is 0 Å². The van der Waals surface area contributed by atoms with Gasteiger partial charge in [-0.05, 0) is 38.0 Å². The van der Waals surface area contributed by atoms with Gasteiger partial charge < -0.3 is 4.57 Å². The maximum absolute atomic E-state index is 11.8. The lowest BCUT2D eigenvalue weighted by molar-refractivity contribution is 0.945. The number of hydrogen-bond acceptors (Lipinski definition) is 1. The van der Waals surface area contributed by atoms with Gasteiger partial charge in [0.15, 0.2) is 5.43 Å². The highest BCUT2D eigenvalue weighted by Crippen LogP contribution is 2.18. The monoisotopic (exact) mass is 305 g/mol. The van der Waals surface area contributed by atoms with Gasteiger partial charge in [0.2, 0.25) is 0 Å². The first-order chi connectivity index (χ1) is 8.52. The molecule has 2 aromatic rings. The van der Waals surface area contributed by atoms with Crippen LogP contribution in [0.2, 0.25) is 0 Å². The largest absolute Gasteiger partial charge is 0.320 e.